The Morgan fingerprint density at radius 1 is 1.59 bits per heavy atom. The first-order valence-corrected chi connectivity index (χ1v) is 6.67. The number of rotatable bonds is 4. The summed E-state index contributed by atoms with van der Waals surface area (Å²) in [4.78, 5) is 3.80. The molecule has 0 aliphatic rings. The molecule has 2 aromatic rings. The van der Waals surface area contributed by atoms with E-state index in [9.17, 15) is 8.42 Å². The van der Waals surface area contributed by atoms with Crippen molar-refractivity contribution in [3.8, 4) is 0 Å². The van der Waals surface area contributed by atoms with Crippen LogP contribution < -0.4 is 4.72 Å². The monoisotopic (exact) mass is 321 g/mol. The molecular formula is C6H8BrN7O2S. The van der Waals surface area contributed by atoms with Crippen LogP contribution in [0.4, 0.5) is 0 Å². The molecule has 0 saturated heterocycles. The Hall–Kier alpha value is -1.33. The predicted octanol–water partition coefficient (Wildman–Crippen LogP) is -0.826. The van der Waals surface area contributed by atoms with E-state index in [0.29, 0.717) is 5.82 Å². The summed E-state index contributed by atoms with van der Waals surface area (Å²) in [5, 5.41) is 13.3. The molecule has 0 aromatic carbocycles. The summed E-state index contributed by atoms with van der Waals surface area (Å²) in [5.74, 6) is 0.417. The Kier molecular flexibility index (Phi) is 3.22. The second-order valence-corrected chi connectivity index (χ2v) is 5.50. The highest BCUT2D eigenvalue weighted by molar-refractivity contribution is 9.10. The van der Waals surface area contributed by atoms with Gasteiger partial charge in [0.25, 0.3) is 10.0 Å². The number of hydrogen-bond donors (Lipinski definition) is 2. The molecule has 9 nitrogen and oxygen atoms in total. The first-order chi connectivity index (χ1) is 8.00. The Balaban J connectivity index is 2.20. The van der Waals surface area contributed by atoms with E-state index in [-0.39, 0.29) is 16.2 Å². The van der Waals surface area contributed by atoms with Crippen LogP contribution in [0.25, 0.3) is 0 Å². The van der Waals surface area contributed by atoms with Gasteiger partial charge >= 0.3 is 0 Å². The van der Waals surface area contributed by atoms with E-state index in [1.807, 2.05) is 0 Å². The van der Waals surface area contributed by atoms with Crippen molar-refractivity contribution in [1.29, 1.82) is 0 Å². The van der Waals surface area contributed by atoms with Gasteiger partial charge in [0.15, 0.2) is 4.60 Å². The lowest BCUT2D eigenvalue weighted by molar-refractivity contribution is 0.558. The van der Waals surface area contributed by atoms with Gasteiger partial charge in [-0.25, -0.2) is 22.8 Å². The minimum Gasteiger partial charge on any atom is -0.262 e. The van der Waals surface area contributed by atoms with Crippen LogP contribution in [0.2, 0.25) is 0 Å². The van der Waals surface area contributed by atoms with Gasteiger partial charge in [-0.1, -0.05) is 5.21 Å². The zero-order valence-electron chi connectivity index (χ0n) is 8.62. The highest BCUT2D eigenvalue weighted by Gasteiger charge is 2.23. The lowest BCUT2D eigenvalue weighted by atomic mass is 10.6. The van der Waals surface area contributed by atoms with E-state index in [4.69, 9.17) is 0 Å². The number of aromatic amines is 1. The standard InChI is InChI=1S/C6H8BrN7O2S/c1-14-6(5(7)12-13-14)17(15,16)10-2-4-8-3-9-11-4/h3,10H,2H2,1H3,(H,8,9,11). The van der Waals surface area contributed by atoms with Gasteiger partial charge in [0.05, 0.1) is 6.54 Å². The fraction of sp³-hybridized carbons (Fsp3) is 0.333. The zero-order chi connectivity index (χ0) is 12.5. The minimum atomic E-state index is -3.70. The van der Waals surface area contributed by atoms with Crippen LogP contribution in [0.15, 0.2) is 16.0 Å². The molecule has 2 heterocycles. The average Bonchev–Trinajstić information content (AvgIpc) is 2.86. The quantitative estimate of drug-likeness (QED) is 0.759. The van der Waals surface area contributed by atoms with Crippen molar-refractivity contribution in [2.75, 3.05) is 0 Å². The van der Waals surface area contributed by atoms with Gasteiger partial charge in [0.1, 0.15) is 12.2 Å². The summed E-state index contributed by atoms with van der Waals surface area (Å²) in [7, 11) is -2.21. The molecule has 2 N–H and O–H groups in total. The number of halogens is 1. The Bertz CT molecular complexity index is 585. The summed E-state index contributed by atoms with van der Waals surface area (Å²) < 4.78 is 27.5. The SMILES string of the molecule is Cn1nnc(Br)c1S(=O)(=O)NCc1ncn[nH]1. The second-order valence-electron chi connectivity index (χ2n) is 3.07. The number of nitrogens with zero attached hydrogens (tertiary/aromatic N) is 5. The summed E-state index contributed by atoms with van der Waals surface area (Å²) >= 11 is 3.02. The molecule has 2 rings (SSSR count). The van der Waals surface area contributed by atoms with Gasteiger partial charge in [0.2, 0.25) is 5.03 Å². The van der Waals surface area contributed by atoms with Crippen molar-refractivity contribution in [2.24, 2.45) is 7.05 Å². The molecule has 0 bridgehead atoms. The van der Waals surface area contributed by atoms with Crippen molar-refractivity contribution < 1.29 is 8.42 Å². The van der Waals surface area contributed by atoms with Crippen LogP contribution in [0.3, 0.4) is 0 Å². The first kappa shape index (κ1) is 12.1. The maximum atomic E-state index is 11.9. The number of aryl methyl sites for hydroxylation is 1. The van der Waals surface area contributed by atoms with E-state index in [0.717, 1.165) is 4.68 Å². The highest BCUT2D eigenvalue weighted by atomic mass is 79.9. The van der Waals surface area contributed by atoms with Crippen molar-refractivity contribution in [3.05, 3.63) is 16.8 Å². The largest absolute Gasteiger partial charge is 0.262 e. The van der Waals surface area contributed by atoms with Gasteiger partial charge in [0, 0.05) is 7.05 Å². The minimum absolute atomic E-state index is 0.0138. The summed E-state index contributed by atoms with van der Waals surface area (Å²) in [6, 6.07) is 0. The van der Waals surface area contributed by atoms with Crippen molar-refractivity contribution in [3.63, 3.8) is 0 Å². The molecule has 0 radical (unpaired) electrons. The Morgan fingerprint density at radius 2 is 2.35 bits per heavy atom. The van der Waals surface area contributed by atoms with E-state index in [2.05, 4.69) is 46.1 Å². The van der Waals surface area contributed by atoms with Crippen LogP contribution in [-0.4, -0.2) is 38.6 Å². The van der Waals surface area contributed by atoms with Crippen molar-refractivity contribution >= 4 is 26.0 Å². The van der Waals surface area contributed by atoms with E-state index < -0.39 is 10.0 Å². The van der Waals surface area contributed by atoms with Gasteiger partial charge < -0.3 is 0 Å². The van der Waals surface area contributed by atoms with Crippen molar-refractivity contribution in [2.45, 2.75) is 11.6 Å². The zero-order valence-corrected chi connectivity index (χ0v) is 11.0. The third-order valence-electron chi connectivity index (χ3n) is 1.89. The second kappa shape index (κ2) is 4.50. The van der Waals surface area contributed by atoms with Gasteiger partial charge in [-0.05, 0) is 15.9 Å². The molecule has 17 heavy (non-hydrogen) atoms. The number of nitrogens with one attached hydrogen (secondary N) is 2. The first-order valence-electron chi connectivity index (χ1n) is 4.40. The average molecular weight is 322 g/mol. The molecule has 2 aromatic heterocycles. The fourth-order valence-corrected chi connectivity index (χ4v) is 3.23. The van der Waals surface area contributed by atoms with Crippen LogP contribution in [0.5, 0.6) is 0 Å². The van der Waals surface area contributed by atoms with Gasteiger partial charge in [-0.2, -0.15) is 5.10 Å². The third kappa shape index (κ3) is 2.50. The molecule has 0 aliphatic heterocycles. The van der Waals surface area contributed by atoms with E-state index >= 15 is 0 Å². The van der Waals surface area contributed by atoms with Crippen LogP contribution in [0.1, 0.15) is 5.82 Å². The maximum Gasteiger partial charge on any atom is 0.260 e. The summed E-state index contributed by atoms with van der Waals surface area (Å²) in [5.41, 5.74) is 0. The van der Waals surface area contributed by atoms with Crippen LogP contribution in [0, 0.1) is 0 Å². The van der Waals surface area contributed by atoms with Crippen LogP contribution in [-0.2, 0) is 23.6 Å². The number of sulfonamides is 1. The maximum absolute atomic E-state index is 11.9. The summed E-state index contributed by atoms with van der Waals surface area (Å²) in [6.45, 7) is 0.0138. The molecule has 0 aliphatic carbocycles. The molecule has 0 atom stereocenters. The smallest absolute Gasteiger partial charge is 0.260 e. The lowest BCUT2D eigenvalue weighted by Gasteiger charge is -2.04. The molecular weight excluding hydrogens is 314 g/mol. The molecule has 0 unspecified atom stereocenters. The van der Waals surface area contributed by atoms with Crippen molar-refractivity contribution in [1.82, 2.24) is 34.9 Å². The number of H-pyrrole nitrogens is 1. The topological polar surface area (TPSA) is 118 Å². The molecule has 0 amide bonds. The van der Waals surface area contributed by atoms with Gasteiger partial charge in [-0.15, -0.1) is 5.10 Å². The Morgan fingerprint density at radius 3 is 2.88 bits per heavy atom. The predicted molar refractivity (Wildman–Crippen MR) is 59.1 cm³/mol. The van der Waals surface area contributed by atoms with E-state index in [1.54, 1.807) is 0 Å². The highest BCUT2D eigenvalue weighted by Crippen LogP contribution is 2.17. The molecule has 0 saturated carbocycles. The fourth-order valence-electron chi connectivity index (χ4n) is 1.16. The molecule has 0 spiro atoms. The summed E-state index contributed by atoms with van der Waals surface area (Å²) in [6.07, 6.45) is 1.30. The Labute approximate surface area is 105 Å². The van der Waals surface area contributed by atoms with E-state index in [1.165, 1.54) is 13.4 Å². The third-order valence-corrected chi connectivity index (χ3v) is 4.17. The molecule has 0 fully saturated rings. The lowest BCUT2D eigenvalue weighted by Crippen LogP contribution is -2.26. The molecule has 11 heteroatoms. The number of aromatic nitrogens is 6. The normalized spacial score (nSPS) is 11.9. The number of hydrogen-bond acceptors (Lipinski definition) is 6. The van der Waals surface area contributed by atoms with Crippen LogP contribution >= 0.6 is 15.9 Å². The molecule has 92 valence electrons. The van der Waals surface area contributed by atoms with Gasteiger partial charge in [-0.3, -0.25) is 5.10 Å².